The van der Waals surface area contributed by atoms with Crippen LogP contribution in [-0.4, -0.2) is 15.6 Å². The van der Waals surface area contributed by atoms with Crippen molar-refractivity contribution >= 4 is 5.82 Å². The molecule has 0 saturated heterocycles. The molecule has 0 aliphatic rings. The molecule has 0 saturated carbocycles. The summed E-state index contributed by atoms with van der Waals surface area (Å²) in [4.78, 5) is 16.2. The highest BCUT2D eigenvalue weighted by Crippen LogP contribution is 2.06. The van der Waals surface area contributed by atoms with Gasteiger partial charge in [0, 0.05) is 31.4 Å². The Hall–Kier alpha value is -2.04. The van der Waals surface area contributed by atoms with E-state index in [1.807, 2.05) is 26.0 Å². The maximum atomic E-state index is 12.1. The molecule has 1 unspecified atom stereocenters. The molecule has 2 rings (SSSR count). The second-order valence-electron chi connectivity index (χ2n) is 4.60. The molecular formula is C14H19N3O2. The minimum absolute atomic E-state index is 0.0735. The summed E-state index contributed by atoms with van der Waals surface area (Å²) in [5, 5.41) is 3.14. The molecule has 2 heterocycles. The van der Waals surface area contributed by atoms with Gasteiger partial charge in [-0.15, -0.1) is 0 Å². The standard InChI is InChI=1S/C14H19N3O2/c1-3-7-17-8-6-15-13(14(17)18)16-11(2)10-12-5-4-9-19-12/h4-6,8-9,11H,3,7,10H2,1-2H3,(H,15,16). The molecule has 0 spiro atoms. The highest BCUT2D eigenvalue weighted by Gasteiger charge is 2.10. The summed E-state index contributed by atoms with van der Waals surface area (Å²) in [6.45, 7) is 4.75. The van der Waals surface area contributed by atoms with Crippen LogP contribution >= 0.6 is 0 Å². The monoisotopic (exact) mass is 261 g/mol. The van der Waals surface area contributed by atoms with Crippen LogP contribution in [0.2, 0.25) is 0 Å². The number of furan rings is 1. The van der Waals surface area contributed by atoms with Crippen LogP contribution < -0.4 is 10.9 Å². The van der Waals surface area contributed by atoms with Gasteiger partial charge in [-0.1, -0.05) is 6.92 Å². The van der Waals surface area contributed by atoms with Gasteiger partial charge in [-0.3, -0.25) is 4.79 Å². The van der Waals surface area contributed by atoms with Crippen molar-refractivity contribution in [2.45, 2.75) is 39.3 Å². The SMILES string of the molecule is CCCn1ccnc(NC(C)Cc2ccco2)c1=O. The maximum absolute atomic E-state index is 12.1. The van der Waals surface area contributed by atoms with E-state index in [4.69, 9.17) is 4.42 Å². The van der Waals surface area contributed by atoms with Gasteiger partial charge in [-0.25, -0.2) is 4.98 Å². The zero-order valence-corrected chi connectivity index (χ0v) is 11.3. The van der Waals surface area contributed by atoms with Gasteiger partial charge in [0.05, 0.1) is 6.26 Å². The first-order valence-corrected chi connectivity index (χ1v) is 6.55. The van der Waals surface area contributed by atoms with Crippen molar-refractivity contribution in [3.05, 3.63) is 46.9 Å². The Morgan fingerprint density at radius 3 is 3.05 bits per heavy atom. The highest BCUT2D eigenvalue weighted by atomic mass is 16.3. The van der Waals surface area contributed by atoms with Gasteiger partial charge in [-0.2, -0.15) is 0 Å². The van der Waals surface area contributed by atoms with Crippen LogP contribution in [0.1, 0.15) is 26.0 Å². The van der Waals surface area contributed by atoms with E-state index < -0.39 is 0 Å². The second kappa shape index (κ2) is 6.22. The van der Waals surface area contributed by atoms with Crippen molar-refractivity contribution in [1.29, 1.82) is 0 Å². The van der Waals surface area contributed by atoms with Gasteiger partial charge in [0.25, 0.3) is 5.56 Å². The molecule has 102 valence electrons. The molecule has 19 heavy (non-hydrogen) atoms. The highest BCUT2D eigenvalue weighted by molar-refractivity contribution is 5.32. The molecule has 1 atom stereocenters. The first kappa shape index (κ1) is 13.4. The normalized spacial score (nSPS) is 12.3. The van der Waals surface area contributed by atoms with E-state index in [0.717, 1.165) is 18.6 Å². The Kier molecular flexibility index (Phi) is 4.39. The summed E-state index contributed by atoms with van der Waals surface area (Å²) in [5.74, 6) is 1.29. The van der Waals surface area contributed by atoms with Gasteiger partial charge in [0.2, 0.25) is 0 Å². The molecule has 2 aromatic rings. The summed E-state index contributed by atoms with van der Waals surface area (Å²) in [5.41, 5.74) is -0.0735. The van der Waals surface area contributed by atoms with Crippen molar-refractivity contribution in [2.24, 2.45) is 0 Å². The Morgan fingerprint density at radius 1 is 1.53 bits per heavy atom. The van der Waals surface area contributed by atoms with Crippen LogP contribution in [0.5, 0.6) is 0 Å². The zero-order chi connectivity index (χ0) is 13.7. The molecule has 5 heteroatoms. The predicted octanol–water partition coefficient (Wildman–Crippen LogP) is 2.29. The molecule has 0 amide bonds. The summed E-state index contributed by atoms with van der Waals surface area (Å²) >= 11 is 0. The van der Waals surface area contributed by atoms with Crippen LogP contribution in [-0.2, 0) is 13.0 Å². The number of hydrogen-bond donors (Lipinski definition) is 1. The first-order chi connectivity index (χ1) is 9.20. The molecule has 2 aromatic heterocycles. The van der Waals surface area contributed by atoms with Crippen LogP contribution in [0.3, 0.4) is 0 Å². The molecule has 5 nitrogen and oxygen atoms in total. The summed E-state index contributed by atoms with van der Waals surface area (Å²) < 4.78 is 6.97. The van der Waals surface area contributed by atoms with Crippen LogP contribution in [0, 0.1) is 0 Å². The molecular weight excluding hydrogens is 242 g/mol. The second-order valence-corrected chi connectivity index (χ2v) is 4.60. The number of anilines is 1. The third kappa shape index (κ3) is 3.47. The molecule has 0 aliphatic heterocycles. The fourth-order valence-corrected chi connectivity index (χ4v) is 1.98. The Morgan fingerprint density at radius 2 is 2.37 bits per heavy atom. The molecule has 1 N–H and O–H groups in total. The van der Waals surface area contributed by atoms with Crippen LogP contribution in [0.25, 0.3) is 0 Å². The Labute approximate surface area is 112 Å². The van der Waals surface area contributed by atoms with E-state index in [1.54, 1.807) is 23.2 Å². The first-order valence-electron chi connectivity index (χ1n) is 6.55. The van der Waals surface area contributed by atoms with E-state index in [-0.39, 0.29) is 11.6 Å². The molecule has 0 fully saturated rings. The van der Waals surface area contributed by atoms with Crippen molar-refractivity contribution in [3.63, 3.8) is 0 Å². The third-order valence-electron chi connectivity index (χ3n) is 2.85. The maximum Gasteiger partial charge on any atom is 0.293 e. The van der Waals surface area contributed by atoms with E-state index in [1.165, 1.54) is 0 Å². The quantitative estimate of drug-likeness (QED) is 0.866. The summed E-state index contributed by atoms with van der Waals surface area (Å²) in [7, 11) is 0. The van der Waals surface area contributed by atoms with Crippen molar-refractivity contribution in [1.82, 2.24) is 9.55 Å². The lowest BCUT2D eigenvalue weighted by Crippen LogP contribution is -2.28. The average molecular weight is 261 g/mol. The van der Waals surface area contributed by atoms with Gasteiger partial charge in [-0.05, 0) is 25.5 Å². The van der Waals surface area contributed by atoms with Crippen molar-refractivity contribution < 1.29 is 4.42 Å². The number of aromatic nitrogens is 2. The van der Waals surface area contributed by atoms with Crippen LogP contribution in [0.4, 0.5) is 5.82 Å². The topological polar surface area (TPSA) is 60.1 Å². The molecule has 0 bridgehead atoms. The smallest absolute Gasteiger partial charge is 0.293 e. The number of nitrogens with zero attached hydrogens (tertiary/aromatic N) is 2. The van der Waals surface area contributed by atoms with E-state index in [2.05, 4.69) is 10.3 Å². The summed E-state index contributed by atoms with van der Waals surface area (Å²) in [6.07, 6.45) is 6.66. The van der Waals surface area contributed by atoms with Crippen molar-refractivity contribution in [2.75, 3.05) is 5.32 Å². The van der Waals surface area contributed by atoms with E-state index >= 15 is 0 Å². The minimum atomic E-state index is -0.0735. The van der Waals surface area contributed by atoms with Gasteiger partial charge in [0.1, 0.15) is 5.76 Å². The molecule has 0 aliphatic carbocycles. The van der Waals surface area contributed by atoms with E-state index in [9.17, 15) is 4.79 Å². The van der Waals surface area contributed by atoms with Crippen molar-refractivity contribution in [3.8, 4) is 0 Å². The van der Waals surface area contributed by atoms with Crippen LogP contribution in [0.15, 0.2) is 40.0 Å². The van der Waals surface area contributed by atoms with Gasteiger partial charge < -0.3 is 14.3 Å². The summed E-state index contributed by atoms with van der Waals surface area (Å²) in [6, 6.07) is 3.87. The fourth-order valence-electron chi connectivity index (χ4n) is 1.98. The van der Waals surface area contributed by atoms with E-state index in [0.29, 0.717) is 12.4 Å². The Balaban J connectivity index is 2.06. The zero-order valence-electron chi connectivity index (χ0n) is 11.3. The largest absolute Gasteiger partial charge is 0.469 e. The number of rotatable bonds is 6. The van der Waals surface area contributed by atoms with Gasteiger partial charge >= 0.3 is 0 Å². The number of hydrogen-bond acceptors (Lipinski definition) is 4. The lowest BCUT2D eigenvalue weighted by atomic mass is 10.2. The number of aryl methyl sites for hydroxylation is 1. The average Bonchev–Trinajstić information content (AvgIpc) is 2.87. The van der Waals surface area contributed by atoms with Gasteiger partial charge in [0.15, 0.2) is 5.82 Å². The number of nitrogens with one attached hydrogen (secondary N) is 1. The lowest BCUT2D eigenvalue weighted by molar-refractivity contribution is 0.497. The minimum Gasteiger partial charge on any atom is -0.469 e. The Bertz CT molecular complexity index is 560. The molecule has 0 radical (unpaired) electrons. The molecule has 0 aromatic carbocycles. The lowest BCUT2D eigenvalue weighted by Gasteiger charge is -2.13. The third-order valence-corrected chi connectivity index (χ3v) is 2.85. The predicted molar refractivity (Wildman–Crippen MR) is 74.3 cm³/mol. The fraction of sp³-hybridized carbons (Fsp3) is 0.429.